The van der Waals surface area contributed by atoms with Crippen LogP contribution in [0.3, 0.4) is 0 Å². The van der Waals surface area contributed by atoms with Gasteiger partial charge in [0.05, 0.1) is 6.54 Å². The van der Waals surface area contributed by atoms with Crippen molar-refractivity contribution in [2.75, 3.05) is 32.7 Å². The third-order valence-electron chi connectivity index (χ3n) is 5.01. The molecule has 1 aromatic carbocycles. The highest BCUT2D eigenvalue weighted by Crippen LogP contribution is 2.18. The molecule has 0 aromatic heterocycles. The quantitative estimate of drug-likeness (QED) is 0.866. The molecule has 1 atom stereocenters. The molecule has 2 saturated heterocycles. The van der Waals surface area contributed by atoms with E-state index in [0.29, 0.717) is 19.5 Å². The number of piperazine rings is 1. The maximum atomic E-state index is 12.5. The first-order chi connectivity index (χ1) is 11.7. The van der Waals surface area contributed by atoms with Gasteiger partial charge in [-0.2, -0.15) is 0 Å². The molecule has 138 valence electrons. The molecule has 0 spiro atoms. The van der Waals surface area contributed by atoms with Gasteiger partial charge in [0.25, 0.3) is 0 Å². The van der Waals surface area contributed by atoms with Gasteiger partial charge >= 0.3 is 0 Å². The molecule has 1 N–H and O–H groups in total. The number of hydrogen-bond acceptors (Lipinski definition) is 3. The Morgan fingerprint density at radius 2 is 2.00 bits per heavy atom. The number of carbonyl (C=O) groups is 2. The Hall–Kier alpha value is -1.59. The molecule has 0 bridgehead atoms. The second kappa shape index (κ2) is 9.78. The minimum Gasteiger partial charge on any atom is -0.341 e. The van der Waals surface area contributed by atoms with Crippen LogP contribution in [-0.2, 0) is 16.0 Å². The fraction of sp³-hybridized carbons (Fsp3) is 0.579. The molecule has 2 amide bonds. The predicted molar refractivity (Wildman–Crippen MR) is 101 cm³/mol. The minimum atomic E-state index is 0. The number of likely N-dealkylation sites (tertiary alicyclic amines) is 1. The second-order valence-electron chi connectivity index (χ2n) is 6.74. The molecule has 1 unspecified atom stereocenters. The second-order valence-corrected chi connectivity index (χ2v) is 6.74. The van der Waals surface area contributed by atoms with Crippen molar-refractivity contribution in [3.8, 4) is 0 Å². The molecule has 2 heterocycles. The molecule has 0 radical (unpaired) electrons. The van der Waals surface area contributed by atoms with Crippen LogP contribution < -0.4 is 5.32 Å². The van der Waals surface area contributed by atoms with E-state index in [1.807, 2.05) is 28.0 Å². The molecule has 0 saturated carbocycles. The SMILES string of the molecule is Cl.O=C(CCCc1ccccc1)N1CCCC(N2CCNCC2=O)C1. The predicted octanol–water partition coefficient (Wildman–Crippen LogP) is 1.85. The van der Waals surface area contributed by atoms with Crippen molar-refractivity contribution < 1.29 is 9.59 Å². The van der Waals surface area contributed by atoms with E-state index in [1.165, 1.54) is 5.56 Å². The van der Waals surface area contributed by atoms with E-state index in [4.69, 9.17) is 0 Å². The highest BCUT2D eigenvalue weighted by atomic mass is 35.5. The van der Waals surface area contributed by atoms with Crippen LogP contribution in [0.4, 0.5) is 0 Å². The van der Waals surface area contributed by atoms with E-state index in [9.17, 15) is 9.59 Å². The van der Waals surface area contributed by atoms with E-state index in [-0.39, 0.29) is 30.3 Å². The Morgan fingerprint density at radius 3 is 2.76 bits per heavy atom. The van der Waals surface area contributed by atoms with Crippen LogP contribution in [0.25, 0.3) is 0 Å². The van der Waals surface area contributed by atoms with Gasteiger partial charge in [-0.1, -0.05) is 30.3 Å². The summed E-state index contributed by atoms with van der Waals surface area (Å²) < 4.78 is 0. The van der Waals surface area contributed by atoms with Crippen LogP contribution in [0, 0.1) is 0 Å². The summed E-state index contributed by atoms with van der Waals surface area (Å²) in [6.07, 6.45) is 4.43. The summed E-state index contributed by atoms with van der Waals surface area (Å²) in [4.78, 5) is 28.5. The molecule has 2 aliphatic heterocycles. The monoisotopic (exact) mass is 365 g/mol. The molecule has 1 aromatic rings. The maximum absolute atomic E-state index is 12.5. The van der Waals surface area contributed by atoms with Crippen molar-refractivity contribution in [3.63, 3.8) is 0 Å². The van der Waals surface area contributed by atoms with Gasteiger partial charge in [-0.25, -0.2) is 0 Å². The van der Waals surface area contributed by atoms with Gasteiger partial charge in [0.2, 0.25) is 11.8 Å². The maximum Gasteiger partial charge on any atom is 0.236 e. The van der Waals surface area contributed by atoms with Crippen LogP contribution in [0.2, 0.25) is 0 Å². The molecular formula is C19H28ClN3O2. The summed E-state index contributed by atoms with van der Waals surface area (Å²) in [6.45, 7) is 3.59. The van der Waals surface area contributed by atoms with Crippen molar-refractivity contribution in [1.29, 1.82) is 0 Å². The van der Waals surface area contributed by atoms with Crippen molar-refractivity contribution in [2.24, 2.45) is 0 Å². The van der Waals surface area contributed by atoms with Gasteiger partial charge in [-0.15, -0.1) is 12.4 Å². The number of nitrogens with one attached hydrogen (secondary N) is 1. The number of halogens is 1. The largest absolute Gasteiger partial charge is 0.341 e. The normalized spacial score (nSPS) is 21.0. The zero-order valence-corrected chi connectivity index (χ0v) is 15.5. The van der Waals surface area contributed by atoms with Gasteiger partial charge in [-0.3, -0.25) is 9.59 Å². The average Bonchev–Trinajstić information content (AvgIpc) is 2.63. The van der Waals surface area contributed by atoms with E-state index in [2.05, 4.69) is 17.4 Å². The molecule has 6 heteroatoms. The Morgan fingerprint density at radius 1 is 1.20 bits per heavy atom. The van der Waals surface area contributed by atoms with Gasteiger partial charge < -0.3 is 15.1 Å². The van der Waals surface area contributed by atoms with Crippen LogP contribution in [-0.4, -0.2) is 60.4 Å². The summed E-state index contributed by atoms with van der Waals surface area (Å²) in [5.41, 5.74) is 1.29. The lowest BCUT2D eigenvalue weighted by atomic mass is 10.0. The van der Waals surface area contributed by atoms with Crippen molar-refractivity contribution >= 4 is 24.2 Å². The summed E-state index contributed by atoms with van der Waals surface area (Å²) in [5, 5.41) is 3.11. The average molecular weight is 366 g/mol. The number of amides is 2. The standard InChI is InChI=1S/C19H27N3O2.ClH/c23-18(10-4-8-16-6-2-1-3-7-16)21-12-5-9-17(15-21)22-13-11-20-14-19(22)24;/h1-3,6-7,17,20H,4-5,8-15H2;1H. The van der Waals surface area contributed by atoms with Gasteiger partial charge in [0.15, 0.2) is 0 Å². The topological polar surface area (TPSA) is 52.7 Å². The fourth-order valence-electron chi connectivity index (χ4n) is 3.69. The third-order valence-corrected chi connectivity index (χ3v) is 5.01. The van der Waals surface area contributed by atoms with Crippen LogP contribution >= 0.6 is 12.4 Å². The lowest BCUT2D eigenvalue weighted by Gasteiger charge is -2.41. The van der Waals surface area contributed by atoms with Gasteiger partial charge in [-0.05, 0) is 31.2 Å². The van der Waals surface area contributed by atoms with E-state index >= 15 is 0 Å². The zero-order valence-electron chi connectivity index (χ0n) is 14.7. The number of benzene rings is 1. The Bertz CT molecular complexity index is 567. The number of nitrogens with zero attached hydrogens (tertiary/aromatic N) is 2. The molecule has 2 fully saturated rings. The number of piperidine rings is 1. The molecule has 0 aliphatic carbocycles. The van der Waals surface area contributed by atoms with Gasteiger partial charge in [0.1, 0.15) is 0 Å². The summed E-state index contributed by atoms with van der Waals surface area (Å²) in [6, 6.07) is 10.5. The lowest BCUT2D eigenvalue weighted by molar-refractivity contribution is -0.140. The first-order valence-corrected chi connectivity index (χ1v) is 9.06. The summed E-state index contributed by atoms with van der Waals surface area (Å²) in [7, 11) is 0. The van der Waals surface area contributed by atoms with Gasteiger partial charge in [0, 0.05) is 38.6 Å². The van der Waals surface area contributed by atoms with Crippen molar-refractivity contribution in [2.45, 2.75) is 38.1 Å². The minimum absolute atomic E-state index is 0. The lowest BCUT2D eigenvalue weighted by Crippen LogP contribution is -2.57. The van der Waals surface area contributed by atoms with E-state index in [1.54, 1.807) is 0 Å². The van der Waals surface area contributed by atoms with Crippen molar-refractivity contribution in [3.05, 3.63) is 35.9 Å². The zero-order chi connectivity index (χ0) is 16.8. The summed E-state index contributed by atoms with van der Waals surface area (Å²) >= 11 is 0. The molecular weight excluding hydrogens is 338 g/mol. The summed E-state index contributed by atoms with van der Waals surface area (Å²) in [5.74, 6) is 0.405. The molecule has 2 aliphatic rings. The number of rotatable bonds is 5. The molecule has 25 heavy (non-hydrogen) atoms. The van der Waals surface area contributed by atoms with Crippen molar-refractivity contribution in [1.82, 2.24) is 15.1 Å². The smallest absolute Gasteiger partial charge is 0.236 e. The van der Waals surface area contributed by atoms with E-state index in [0.717, 1.165) is 45.3 Å². The Kier molecular flexibility index (Phi) is 7.72. The Balaban J connectivity index is 0.00000225. The highest BCUT2D eigenvalue weighted by molar-refractivity contribution is 5.85. The fourth-order valence-corrected chi connectivity index (χ4v) is 3.69. The molecule has 5 nitrogen and oxygen atoms in total. The van der Waals surface area contributed by atoms with E-state index < -0.39 is 0 Å². The highest BCUT2D eigenvalue weighted by Gasteiger charge is 2.31. The molecule has 3 rings (SSSR count). The number of hydrogen-bond donors (Lipinski definition) is 1. The number of carbonyl (C=O) groups excluding carboxylic acids is 2. The first-order valence-electron chi connectivity index (χ1n) is 9.06. The number of aryl methyl sites for hydroxylation is 1. The van der Waals surface area contributed by atoms with Crippen LogP contribution in [0.15, 0.2) is 30.3 Å². The van der Waals surface area contributed by atoms with Crippen LogP contribution in [0.5, 0.6) is 0 Å². The van der Waals surface area contributed by atoms with Crippen LogP contribution in [0.1, 0.15) is 31.2 Å². The Labute approximate surface area is 156 Å². The third kappa shape index (κ3) is 5.44. The first kappa shape index (κ1) is 19.7.